The lowest BCUT2D eigenvalue weighted by Crippen LogP contribution is -2.13. The van der Waals surface area contributed by atoms with Crippen LogP contribution in [-0.4, -0.2) is 33.1 Å². The normalized spacial score (nSPS) is 18.3. The van der Waals surface area contributed by atoms with Gasteiger partial charge in [-0.25, -0.2) is 19.9 Å². The second-order valence-electron chi connectivity index (χ2n) is 20.4. The van der Waals surface area contributed by atoms with Crippen molar-refractivity contribution in [3.8, 4) is 34.3 Å². The maximum atomic E-state index is 5.95. The predicted octanol–water partition coefficient (Wildman–Crippen LogP) is 18.6. The molecule has 2 aromatic carbocycles. The van der Waals surface area contributed by atoms with Crippen LogP contribution >= 0.6 is 0 Å². The average molecular weight is 915 g/mol. The lowest BCUT2D eigenvalue weighted by molar-refractivity contribution is 0.304. The second-order valence-corrected chi connectivity index (χ2v) is 20.4. The van der Waals surface area contributed by atoms with Crippen LogP contribution in [0.2, 0.25) is 0 Å². The largest absolute Gasteiger partial charge is 0.494 e. The van der Waals surface area contributed by atoms with Gasteiger partial charge in [0.15, 0.2) is 11.6 Å². The molecule has 0 radical (unpaired) electrons. The number of benzene rings is 2. The van der Waals surface area contributed by atoms with Gasteiger partial charge < -0.3 is 9.47 Å². The van der Waals surface area contributed by atoms with Gasteiger partial charge in [0.05, 0.1) is 13.2 Å². The number of unbranched alkanes of at least 4 members (excludes halogenated alkanes) is 18. The third-order valence-corrected chi connectivity index (χ3v) is 15.0. The molecule has 2 heterocycles. The molecular formula is C61H94N4O2. The molecule has 370 valence electrons. The van der Waals surface area contributed by atoms with E-state index in [-0.39, 0.29) is 0 Å². The van der Waals surface area contributed by atoms with Crippen molar-refractivity contribution in [2.24, 2.45) is 11.8 Å². The Balaban J connectivity index is 0.000000251. The van der Waals surface area contributed by atoms with Crippen LogP contribution in [-0.2, 0) is 0 Å². The molecule has 0 saturated heterocycles. The Morgan fingerprint density at radius 1 is 0.373 bits per heavy atom. The van der Waals surface area contributed by atoms with E-state index < -0.39 is 0 Å². The molecule has 2 aromatic heterocycles. The molecule has 0 unspecified atom stereocenters. The zero-order valence-electron chi connectivity index (χ0n) is 43.2. The van der Waals surface area contributed by atoms with Gasteiger partial charge in [-0.2, -0.15) is 0 Å². The number of hydrogen-bond acceptors (Lipinski definition) is 6. The number of nitrogens with zero attached hydrogens (tertiary/aromatic N) is 4. The Hall–Kier alpha value is -3.80. The van der Waals surface area contributed by atoms with Crippen LogP contribution < -0.4 is 9.47 Å². The van der Waals surface area contributed by atoms with E-state index in [1.165, 1.54) is 197 Å². The van der Waals surface area contributed by atoms with Crippen molar-refractivity contribution in [3.05, 3.63) is 84.4 Å². The molecule has 6 nitrogen and oxygen atoms in total. The highest BCUT2D eigenvalue weighted by molar-refractivity contribution is 5.57. The smallest absolute Gasteiger partial charge is 0.159 e. The van der Waals surface area contributed by atoms with Crippen LogP contribution in [0.5, 0.6) is 11.5 Å². The predicted molar refractivity (Wildman–Crippen MR) is 284 cm³/mol. The summed E-state index contributed by atoms with van der Waals surface area (Å²) in [6, 6.07) is 16.5. The van der Waals surface area contributed by atoms with Crippen LogP contribution in [0.15, 0.2) is 73.3 Å². The van der Waals surface area contributed by atoms with E-state index in [9.17, 15) is 0 Å². The Morgan fingerprint density at radius 3 is 1.03 bits per heavy atom. The molecule has 2 aliphatic rings. The molecular weight excluding hydrogens is 821 g/mol. The van der Waals surface area contributed by atoms with Gasteiger partial charge >= 0.3 is 0 Å². The van der Waals surface area contributed by atoms with Gasteiger partial charge in [-0.1, -0.05) is 163 Å². The standard InChI is InChI=1S/C31H48N2O.C30H46N2O/c1-3-5-6-7-8-9-10-11-12-13-23-34-30-21-19-28(20-22-30)31-32-24-29(25-33-31)27-17-15-26(14-4-2)16-18-27;1-3-5-6-7-8-9-10-11-12-13-22-33-29-20-18-27(19-21-29)30-31-23-28(24-32-30)26-16-14-25(4-2)15-17-26/h19-22,24-27H,3-18,23H2,1-2H3;18-21,23-26H,3-17,22H2,1-2H3. The van der Waals surface area contributed by atoms with Crippen LogP contribution in [0.3, 0.4) is 0 Å². The van der Waals surface area contributed by atoms with E-state index in [0.717, 1.165) is 72.2 Å². The van der Waals surface area contributed by atoms with Gasteiger partial charge in [-0.15, -0.1) is 0 Å². The van der Waals surface area contributed by atoms with Gasteiger partial charge in [-0.3, -0.25) is 0 Å². The second kappa shape index (κ2) is 33.7. The fourth-order valence-corrected chi connectivity index (χ4v) is 10.5. The van der Waals surface area contributed by atoms with Crippen LogP contribution in [0.4, 0.5) is 0 Å². The Morgan fingerprint density at radius 2 is 0.701 bits per heavy atom. The zero-order valence-corrected chi connectivity index (χ0v) is 43.2. The highest BCUT2D eigenvalue weighted by Crippen LogP contribution is 2.38. The molecule has 0 atom stereocenters. The van der Waals surface area contributed by atoms with Gasteiger partial charge in [0.25, 0.3) is 0 Å². The Labute approximate surface area is 410 Å². The van der Waals surface area contributed by atoms with Crippen molar-refractivity contribution >= 4 is 0 Å². The number of hydrogen-bond donors (Lipinski definition) is 0. The topological polar surface area (TPSA) is 70.0 Å². The number of aromatic nitrogens is 4. The first-order valence-electron chi connectivity index (χ1n) is 28.2. The van der Waals surface area contributed by atoms with E-state index in [2.05, 4.69) is 121 Å². The fourth-order valence-electron chi connectivity index (χ4n) is 10.5. The summed E-state index contributed by atoms with van der Waals surface area (Å²) < 4.78 is 11.9. The summed E-state index contributed by atoms with van der Waals surface area (Å²) in [5, 5.41) is 0. The average Bonchev–Trinajstić information content (AvgIpc) is 3.38. The van der Waals surface area contributed by atoms with E-state index in [4.69, 9.17) is 9.47 Å². The molecule has 67 heavy (non-hydrogen) atoms. The van der Waals surface area contributed by atoms with E-state index in [1.54, 1.807) is 0 Å². The lowest BCUT2D eigenvalue weighted by atomic mass is 9.78. The summed E-state index contributed by atoms with van der Waals surface area (Å²) in [5.41, 5.74) is 4.74. The maximum absolute atomic E-state index is 5.95. The quantitative estimate of drug-likeness (QED) is 0.0469. The third kappa shape index (κ3) is 21.2. The van der Waals surface area contributed by atoms with Crippen LogP contribution in [0.25, 0.3) is 22.8 Å². The molecule has 4 aromatic rings. The minimum absolute atomic E-state index is 0.642. The first-order valence-corrected chi connectivity index (χ1v) is 28.2. The highest BCUT2D eigenvalue weighted by Gasteiger charge is 2.23. The monoisotopic (exact) mass is 915 g/mol. The highest BCUT2D eigenvalue weighted by atomic mass is 16.5. The van der Waals surface area contributed by atoms with Gasteiger partial charge in [0.1, 0.15) is 11.5 Å². The minimum atomic E-state index is 0.642. The van der Waals surface area contributed by atoms with Gasteiger partial charge in [0.2, 0.25) is 0 Å². The first-order chi connectivity index (χ1) is 33.1. The minimum Gasteiger partial charge on any atom is -0.494 e. The Bertz CT molecular complexity index is 1780. The Kier molecular flexibility index (Phi) is 27.2. The van der Waals surface area contributed by atoms with Crippen molar-refractivity contribution < 1.29 is 9.47 Å². The summed E-state index contributed by atoms with van der Waals surface area (Å²) in [4.78, 5) is 18.7. The van der Waals surface area contributed by atoms with Crippen LogP contribution in [0, 0.1) is 11.8 Å². The zero-order chi connectivity index (χ0) is 47.0. The molecule has 0 aliphatic heterocycles. The SMILES string of the molecule is CCCCCCCCCCCCOc1ccc(-c2ncc(C3CCC(CC)CC3)cn2)cc1.CCCCCCCCCCCCOc1ccc(-c2ncc(C3CCC(CCC)CC3)cn2)cc1. The van der Waals surface area contributed by atoms with Crippen LogP contribution in [0.1, 0.15) is 250 Å². The third-order valence-electron chi connectivity index (χ3n) is 15.0. The first kappa shape index (κ1) is 54.1. The number of rotatable bonds is 31. The number of ether oxygens (including phenoxy) is 2. The molecule has 0 bridgehead atoms. The van der Waals surface area contributed by atoms with E-state index in [0.29, 0.717) is 11.8 Å². The molecule has 2 fully saturated rings. The van der Waals surface area contributed by atoms with Crippen molar-refractivity contribution in [2.45, 2.75) is 239 Å². The maximum Gasteiger partial charge on any atom is 0.159 e. The molecule has 0 spiro atoms. The summed E-state index contributed by atoms with van der Waals surface area (Å²) in [5.74, 6) is 6.65. The molecule has 6 heteroatoms. The summed E-state index contributed by atoms with van der Waals surface area (Å²) in [7, 11) is 0. The van der Waals surface area contributed by atoms with Crippen molar-refractivity contribution in [1.29, 1.82) is 0 Å². The molecule has 2 saturated carbocycles. The van der Waals surface area contributed by atoms with Crippen molar-refractivity contribution in [1.82, 2.24) is 19.9 Å². The summed E-state index contributed by atoms with van der Waals surface area (Å²) in [6.45, 7) is 10.8. The van der Waals surface area contributed by atoms with Crippen molar-refractivity contribution in [3.63, 3.8) is 0 Å². The summed E-state index contributed by atoms with van der Waals surface area (Å²) in [6.07, 6.45) is 49.8. The summed E-state index contributed by atoms with van der Waals surface area (Å²) >= 11 is 0. The molecule has 2 aliphatic carbocycles. The molecule has 0 N–H and O–H groups in total. The van der Waals surface area contributed by atoms with Gasteiger partial charge in [-0.05, 0) is 148 Å². The lowest BCUT2D eigenvalue weighted by Gasteiger charge is -2.28. The molecule has 6 rings (SSSR count). The van der Waals surface area contributed by atoms with Crippen molar-refractivity contribution in [2.75, 3.05) is 13.2 Å². The molecule has 0 amide bonds. The van der Waals surface area contributed by atoms with Gasteiger partial charge in [0, 0.05) is 35.9 Å². The van der Waals surface area contributed by atoms with E-state index in [1.807, 2.05) is 0 Å². The van der Waals surface area contributed by atoms with E-state index >= 15 is 0 Å². The fraction of sp³-hybridized carbons (Fsp3) is 0.672.